The Balaban J connectivity index is 2.08. The Bertz CT molecular complexity index is 598. The number of aliphatic hydroxyl groups excluding tert-OH is 1. The van der Waals surface area contributed by atoms with Crippen LogP contribution < -0.4 is 4.74 Å². The van der Waals surface area contributed by atoms with E-state index in [1.54, 1.807) is 13.0 Å². The summed E-state index contributed by atoms with van der Waals surface area (Å²) in [6.45, 7) is 1.56. The maximum absolute atomic E-state index is 13.9. The van der Waals surface area contributed by atoms with Crippen molar-refractivity contribution in [2.75, 3.05) is 6.26 Å². The van der Waals surface area contributed by atoms with Crippen molar-refractivity contribution < 1.29 is 22.7 Å². The number of rotatable bonds is 4. The van der Waals surface area contributed by atoms with Gasteiger partial charge < -0.3 is 9.84 Å². The van der Waals surface area contributed by atoms with Gasteiger partial charge in [-0.3, -0.25) is 0 Å². The standard InChI is InChI=1S/C15H21FO4S/c1-10(17)11-6-7-15(14(16)8-11)20-12-4-3-5-13(9-12)21(2,18)19/h6-8,10,12-13,17H,3-5,9H2,1-2H3/t10-,12?,13?/m0/s1. The first kappa shape index (κ1) is 16.2. The highest BCUT2D eigenvalue weighted by Gasteiger charge is 2.30. The van der Waals surface area contributed by atoms with Gasteiger partial charge in [-0.05, 0) is 43.9 Å². The van der Waals surface area contributed by atoms with Crippen LogP contribution in [0.5, 0.6) is 5.75 Å². The first-order valence-corrected chi connectivity index (χ1v) is 9.06. The zero-order chi connectivity index (χ0) is 15.6. The largest absolute Gasteiger partial charge is 0.487 e. The van der Waals surface area contributed by atoms with Crippen LogP contribution in [0.2, 0.25) is 0 Å². The highest BCUT2D eigenvalue weighted by molar-refractivity contribution is 7.91. The summed E-state index contributed by atoms with van der Waals surface area (Å²) in [5.74, 6) is -0.423. The van der Waals surface area contributed by atoms with Crippen LogP contribution in [0.25, 0.3) is 0 Å². The minimum absolute atomic E-state index is 0.110. The topological polar surface area (TPSA) is 63.6 Å². The quantitative estimate of drug-likeness (QED) is 0.927. The highest BCUT2D eigenvalue weighted by atomic mass is 32.2. The molecule has 6 heteroatoms. The van der Waals surface area contributed by atoms with E-state index in [4.69, 9.17) is 4.74 Å². The molecule has 2 rings (SSSR count). The Labute approximate surface area is 124 Å². The summed E-state index contributed by atoms with van der Waals surface area (Å²) in [6.07, 6.45) is 2.74. The van der Waals surface area contributed by atoms with Crippen LogP contribution in [0.15, 0.2) is 18.2 Å². The highest BCUT2D eigenvalue weighted by Crippen LogP contribution is 2.29. The molecule has 2 unspecified atom stereocenters. The first-order valence-electron chi connectivity index (χ1n) is 7.10. The molecule has 1 saturated carbocycles. The van der Waals surface area contributed by atoms with Crippen molar-refractivity contribution in [1.82, 2.24) is 0 Å². The van der Waals surface area contributed by atoms with Crippen molar-refractivity contribution in [3.63, 3.8) is 0 Å². The van der Waals surface area contributed by atoms with Gasteiger partial charge in [0, 0.05) is 12.7 Å². The van der Waals surface area contributed by atoms with Crippen LogP contribution in [-0.2, 0) is 9.84 Å². The molecule has 1 aliphatic rings. The lowest BCUT2D eigenvalue weighted by atomic mass is 9.97. The molecule has 1 N–H and O–H groups in total. The molecule has 0 spiro atoms. The van der Waals surface area contributed by atoms with Crippen LogP contribution in [-0.4, -0.2) is 31.1 Å². The van der Waals surface area contributed by atoms with Crippen molar-refractivity contribution in [3.8, 4) is 5.75 Å². The molecule has 0 aliphatic heterocycles. The number of ether oxygens (including phenoxy) is 1. The molecule has 1 aromatic rings. The predicted octanol–water partition coefficient (Wildman–Crippen LogP) is 2.61. The minimum atomic E-state index is -3.09. The predicted molar refractivity (Wildman–Crippen MR) is 78.5 cm³/mol. The molecule has 0 amide bonds. The molecule has 0 saturated heterocycles. The molecule has 0 radical (unpaired) electrons. The summed E-state index contributed by atoms with van der Waals surface area (Å²) < 4.78 is 42.8. The van der Waals surface area contributed by atoms with Crippen LogP contribution in [0.1, 0.15) is 44.3 Å². The van der Waals surface area contributed by atoms with E-state index in [0.717, 1.165) is 12.8 Å². The monoisotopic (exact) mass is 316 g/mol. The lowest BCUT2D eigenvalue weighted by Crippen LogP contribution is -2.33. The van der Waals surface area contributed by atoms with E-state index in [1.165, 1.54) is 18.4 Å². The lowest BCUT2D eigenvalue weighted by Gasteiger charge is -2.28. The van der Waals surface area contributed by atoms with Gasteiger partial charge in [0.1, 0.15) is 15.9 Å². The van der Waals surface area contributed by atoms with Gasteiger partial charge in [-0.2, -0.15) is 0 Å². The average Bonchev–Trinajstić information content (AvgIpc) is 2.40. The van der Waals surface area contributed by atoms with E-state index in [0.29, 0.717) is 18.4 Å². The molecule has 0 heterocycles. The zero-order valence-electron chi connectivity index (χ0n) is 12.3. The van der Waals surface area contributed by atoms with Crippen LogP contribution >= 0.6 is 0 Å². The number of benzene rings is 1. The van der Waals surface area contributed by atoms with E-state index in [1.807, 2.05) is 0 Å². The van der Waals surface area contributed by atoms with Gasteiger partial charge in [-0.1, -0.05) is 6.07 Å². The third kappa shape index (κ3) is 4.17. The molecule has 1 aliphatic carbocycles. The fourth-order valence-electron chi connectivity index (χ4n) is 2.65. The summed E-state index contributed by atoms with van der Waals surface area (Å²) in [6, 6.07) is 4.35. The Kier molecular flexibility index (Phi) is 4.88. The van der Waals surface area contributed by atoms with Crippen LogP contribution in [0, 0.1) is 5.82 Å². The molecule has 118 valence electrons. The number of halogens is 1. The minimum Gasteiger partial charge on any atom is -0.487 e. The molecule has 21 heavy (non-hydrogen) atoms. The second kappa shape index (κ2) is 6.32. The van der Waals surface area contributed by atoms with Gasteiger partial charge in [-0.25, -0.2) is 12.8 Å². The number of sulfone groups is 1. The van der Waals surface area contributed by atoms with E-state index < -0.39 is 27.0 Å². The number of hydrogen-bond donors (Lipinski definition) is 1. The molecular formula is C15H21FO4S. The van der Waals surface area contributed by atoms with E-state index in [9.17, 15) is 17.9 Å². The van der Waals surface area contributed by atoms with Crippen molar-refractivity contribution in [2.45, 2.75) is 50.1 Å². The van der Waals surface area contributed by atoms with Gasteiger partial charge >= 0.3 is 0 Å². The van der Waals surface area contributed by atoms with Crippen LogP contribution in [0.3, 0.4) is 0 Å². The summed E-state index contributed by atoms with van der Waals surface area (Å²) in [5, 5.41) is 9.00. The molecule has 1 fully saturated rings. The fraction of sp³-hybridized carbons (Fsp3) is 0.600. The normalized spacial score (nSPS) is 24.6. The average molecular weight is 316 g/mol. The fourth-order valence-corrected chi connectivity index (χ4v) is 3.81. The third-order valence-electron chi connectivity index (χ3n) is 3.92. The summed E-state index contributed by atoms with van der Waals surface area (Å²) in [7, 11) is -3.09. The first-order chi connectivity index (χ1) is 9.77. The van der Waals surface area contributed by atoms with E-state index >= 15 is 0 Å². The van der Waals surface area contributed by atoms with Crippen molar-refractivity contribution in [2.24, 2.45) is 0 Å². The van der Waals surface area contributed by atoms with Gasteiger partial charge in [-0.15, -0.1) is 0 Å². The summed E-state index contributed by atoms with van der Waals surface area (Å²) >= 11 is 0. The van der Waals surface area contributed by atoms with Crippen LogP contribution in [0.4, 0.5) is 4.39 Å². The Morgan fingerprint density at radius 1 is 1.38 bits per heavy atom. The van der Waals surface area contributed by atoms with E-state index in [2.05, 4.69) is 0 Å². The Hall–Kier alpha value is -1.14. The van der Waals surface area contributed by atoms with Gasteiger partial charge in [0.15, 0.2) is 11.6 Å². The zero-order valence-corrected chi connectivity index (χ0v) is 13.1. The number of hydrogen-bond acceptors (Lipinski definition) is 4. The lowest BCUT2D eigenvalue weighted by molar-refractivity contribution is 0.149. The maximum Gasteiger partial charge on any atom is 0.165 e. The molecule has 1 aromatic carbocycles. The van der Waals surface area contributed by atoms with Crippen molar-refractivity contribution in [3.05, 3.63) is 29.6 Å². The Morgan fingerprint density at radius 2 is 2.10 bits per heavy atom. The van der Waals surface area contributed by atoms with Gasteiger partial charge in [0.2, 0.25) is 0 Å². The molecule has 4 nitrogen and oxygen atoms in total. The third-order valence-corrected chi connectivity index (χ3v) is 5.55. The SMILES string of the molecule is C[C@H](O)c1ccc(OC2CCCC(S(C)(=O)=O)C2)c(F)c1. The van der Waals surface area contributed by atoms with Gasteiger partial charge in [0.25, 0.3) is 0 Å². The van der Waals surface area contributed by atoms with Crippen molar-refractivity contribution >= 4 is 9.84 Å². The molecular weight excluding hydrogens is 295 g/mol. The Morgan fingerprint density at radius 3 is 2.67 bits per heavy atom. The maximum atomic E-state index is 13.9. The molecule has 0 bridgehead atoms. The molecule has 3 atom stereocenters. The summed E-state index contributed by atoms with van der Waals surface area (Å²) in [4.78, 5) is 0. The van der Waals surface area contributed by atoms with Crippen molar-refractivity contribution in [1.29, 1.82) is 0 Å². The van der Waals surface area contributed by atoms with E-state index in [-0.39, 0.29) is 11.9 Å². The second-order valence-electron chi connectivity index (χ2n) is 5.72. The smallest absolute Gasteiger partial charge is 0.165 e. The second-order valence-corrected chi connectivity index (χ2v) is 8.05. The summed E-state index contributed by atoms with van der Waals surface area (Å²) in [5.41, 5.74) is 0.484. The van der Waals surface area contributed by atoms with Gasteiger partial charge in [0.05, 0.1) is 11.4 Å². The molecule has 0 aromatic heterocycles. The number of aliphatic hydroxyl groups is 1.